The third-order valence-electron chi connectivity index (χ3n) is 16.0. The molecule has 3 aromatic carbocycles. The number of alkyl carbamates (subject to hydrolysis) is 1. The molecule has 5 bridgehead atoms. The van der Waals surface area contributed by atoms with Gasteiger partial charge in [-0.2, -0.15) is 0 Å². The Bertz CT molecular complexity index is 2820. The minimum absolute atomic E-state index is 0.0331. The van der Waals surface area contributed by atoms with Crippen molar-refractivity contribution in [1.82, 2.24) is 15.1 Å². The number of aliphatic hydroxyl groups excluding tert-OH is 2. The van der Waals surface area contributed by atoms with E-state index in [0.29, 0.717) is 31.8 Å². The highest BCUT2D eigenvalue weighted by molar-refractivity contribution is 6.19. The molecule has 1 spiro atoms. The van der Waals surface area contributed by atoms with Gasteiger partial charge in [-0.1, -0.05) is 90.1 Å². The number of ketones is 1. The molecule has 0 saturated carbocycles. The van der Waals surface area contributed by atoms with Crippen LogP contribution in [0.25, 0.3) is 10.8 Å². The van der Waals surface area contributed by atoms with Crippen LogP contribution in [-0.4, -0.2) is 130 Å². The normalized spacial score (nSPS) is 30.7. The topological polar surface area (TPSA) is 224 Å². The fraction of sp³-hybridized carbons (Fsp3) is 0.561. The van der Waals surface area contributed by atoms with Crippen LogP contribution in [0.4, 0.5) is 10.5 Å². The predicted molar refractivity (Wildman–Crippen MR) is 280 cm³/mol. The molecule has 17 nitrogen and oxygen atoms in total. The number of Topliss-reactive ketones (excluding diaryl/α,β-unsaturated/α-hetero) is 1. The lowest BCUT2D eigenvalue weighted by molar-refractivity contribution is -0.112. The summed E-state index contributed by atoms with van der Waals surface area (Å²) >= 11 is 0. The van der Waals surface area contributed by atoms with Crippen LogP contribution in [0.3, 0.4) is 0 Å². The number of rotatable bonds is 7. The molecule has 17 heteroatoms. The summed E-state index contributed by atoms with van der Waals surface area (Å²) in [7, 11) is 1.49. The number of likely N-dealkylation sites (tertiary alicyclic amines) is 2. The summed E-state index contributed by atoms with van der Waals surface area (Å²) < 4.78 is 24.9. The molecule has 1 unspecified atom stereocenters. The van der Waals surface area contributed by atoms with Crippen molar-refractivity contribution in [2.75, 3.05) is 45.2 Å². The summed E-state index contributed by atoms with van der Waals surface area (Å²) in [6, 6.07) is 10.1. The number of aliphatic hydroxyl groups is 2. The number of ether oxygens (including phenoxy) is 4. The highest BCUT2D eigenvalue weighted by Crippen LogP contribution is 2.50. The van der Waals surface area contributed by atoms with Gasteiger partial charge in [0.15, 0.2) is 11.4 Å². The van der Waals surface area contributed by atoms with Gasteiger partial charge < -0.3 is 54.9 Å². The first-order chi connectivity index (χ1) is 35.2. The molecule has 6 heterocycles. The molecule has 400 valence electrons. The molecule has 0 radical (unpaired) electrons. The molecule has 9 atom stereocenters. The Labute approximate surface area is 434 Å². The maximum Gasteiger partial charge on any atom is 0.407 e. The van der Waals surface area contributed by atoms with Crippen LogP contribution in [0, 0.1) is 36.5 Å². The molecule has 2 amide bonds. The van der Waals surface area contributed by atoms with E-state index in [9.17, 15) is 34.8 Å². The first-order valence-corrected chi connectivity index (χ1v) is 26.3. The molecule has 2 saturated heterocycles. The van der Waals surface area contributed by atoms with Crippen molar-refractivity contribution in [2.24, 2.45) is 39.6 Å². The van der Waals surface area contributed by atoms with Gasteiger partial charge in [-0.25, -0.2) is 4.79 Å². The lowest BCUT2D eigenvalue weighted by Crippen LogP contribution is -2.50. The quantitative estimate of drug-likeness (QED) is 0.138. The highest BCUT2D eigenvalue weighted by Gasteiger charge is 2.50. The van der Waals surface area contributed by atoms with Crippen molar-refractivity contribution in [3.8, 4) is 17.2 Å². The zero-order chi connectivity index (χ0) is 53.4. The molecule has 0 aliphatic carbocycles. The van der Waals surface area contributed by atoms with E-state index in [2.05, 4.69) is 46.4 Å². The molecule has 74 heavy (non-hydrogen) atoms. The van der Waals surface area contributed by atoms with Crippen LogP contribution in [0.5, 0.6) is 17.2 Å². The van der Waals surface area contributed by atoms with E-state index >= 15 is 0 Å². The number of benzene rings is 3. The number of methoxy groups -OCH3 is 1. The Hall–Kier alpha value is -5.85. The summed E-state index contributed by atoms with van der Waals surface area (Å²) in [5.74, 6) is -6.13. The summed E-state index contributed by atoms with van der Waals surface area (Å²) in [5, 5.41) is 54.3. The molecule has 2 fully saturated rings. The van der Waals surface area contributed by atoms with Crippen LogP contribution in [-0.2, 0) is 25.5 Å². The Morgan fingerprint density at radius 3 is 2.23 bits per heavy atom. The van der Waals surface area contributed by atoms with Crippen LogP contribution < -0.4 is 26.1 Å². The second kappa shape index (κ2) is 22.2. The van der Waals surface area contributed by atoms with Gasteiger partial charge in [0.1, 0.15) is 28.6 Å². The Morgan fingerprint density at radius 1 is 0.892 bits per heavy atom. The molecule has 9 rings (SSSR count). The number of hydrogen-bond acceptors (Lipinski definition) is 15. The maximum atomic E-state index is 15.0. The Morgan fingerprint density at radius 2 is 1.57 bits per heavy atom. The van der Waals surface area contributed by atoms with Crippen LogP contribution >= 0.6 is 0 Å². The Kier molecular flexibility index (Phi) is 16.3. The number of nitrogens with zero attached hydrogens (tertiary/aromatic N) is 4. The number of phenols is 2. The van der Waals surface area contributed by atoms with E-state index in [1.54, 1.807) is 58.9 Å². The van der Waals surface area contributed by atoms with E-state index in [1.165, 1.54) is 25.9 Å². The highest BCUT2D eigenvalue weighted by atomic mass is 16.7. The number of nitrogens with one attached hydrogen (secondary N) is 2. The number of fused-ring (bicyclic) bond motifs is 13. The molecular formula is C57H76N6O11. The zero-order valence-corrected chi connectivity index (χ0v) is 44.6. The van der Waals surface area contributed by atoms with Crippen LogP contribution in [0.2, 0.25) is 0 Å². The fourth-order valence-corrected chi connectivity index (χ4v) is 11.4. The molecule has 6 N–H and O–H groups in total. The van der Waals surface area contributed by atoms with Gasteiger partial charge in [0.2, 0.25) is 0 Å². The van der Waals surface area contributed by atoms with Gasteiger partial charge in [-0.05, 0) is 44.2 Å². The minimum Gasteiger partial charge on any atom is -0.507 e. The monoisotopic (exact) mass is 1020 g/mol. The number of aromatic hydroxyl groups is 2. The lowest BCUT2D eigenvalue weighted by Gasteiger charge is -2.38. The van der Waals surface area contributed by atoms with E-state index in [0.717, 1.165) is 39.0 Å². The summed E-state index contributed by atoms with van der Waals surface area (Å²) in [4.78, 5) is 58.1. The fourth-order valence-electron chi connectivity index (χ4n) is 11.4. The summed E-state index contributed by atoms with van der Waals surface area (Å²) in [5.41, 5.74) is 0.626. The second-order valence-electron chi connectivity index (χ2n) is 21.9. The Balaban J connectivity index is 1.15. The van der Waals surface area contributed by atoms with Gasteiger partial charge in [-0.15, -0.1) is 0 Å². The first kappa shape index (κ1) is 54.4. The number of phenolic OH excluding ortho intramolecular Hbond substituents is 2. The smallest absolute Gasteiger partial charge is 0.407 e. The first-order valence-electron chi connectivity index (χ1n) is 26.3. The number of allylic oxidation sites excluding steroid dienone is 2. The molecular weight excluding hydrogens is 945 g/mol. The lowest BCUT2D eigenvalue weighted by atomic mass is 9.78. The van der Waals surface area contributed by atoms with Crippen molar-refractivity contribution in [2.45, 2.75) is 136 Å². The van der Waals surface area contributed by atoms with E-state index in [4.69, 9.17) is 28.9 Å². The third kappa shape index (κ3) is 10.9. The molecule has 3 aromatic rings. The summed E-state index contributed by atoms with van der Waals surface area (Å²) in [6.07, 6.45) is 5.69. The van der Waals surface area contributed by atoms with Gasteiger partial charge in [0, 0.05) is 112 Å². The number of piperidine rings is 2. The van der Waals surface area contributed by atoms with E-state index in [-0.39, 0.29) is 61.4 Å². The average Bonchev–Trinajstić information content (AvgIpc) is 3.88. The number of anilines is 1. The van der Waals surface area contributed by atoms with Gasteiger partial charge in [0.25, 0.3) is 11.7 Å². The van der Waals surface area contributed by atoms with Crippen molar-refractivity contribution in [3.05, 3.63) is 93.9 Å². The number of carbonyl (C=O) groups excluding carboxylic acids is 3. The van der Waals surface area contributed by atoms with Gasteiger partial charge in [-0.3, -0.25) is 24.5 Å². The van der Waals surface area contributed by atoms with Crippen molar-refractivity contribution in [3.63, 3.8) is 0 Å². The largest absolute Gasteiger partial charge is 0.507 e. The minimum atomic E-state index is -1.99. The number of amides is 2. The van der Waals surface area contributed by atoms with Crippen molar-refractivity contribution >= 4 is 34.2 Å². The van der Waals surface area contributed by atoms with Crippen molar-refractivity contribution in [1.29, 1.82) is 0 Å². The average molecular weight is 1020 g/mol. The molecule has 6 aliphatic rings. The maximum absolute atomic E-state index is 15.0. The van der Waals surface area contributed by atoms with Crippen LogP contribution in [0.1, 0.15) is 103 Å². The zero-order valence-electron chi connectivity index (χ0n) is 44.6. The molecule has 0 aromatic heterocycles. The number of hydrogen-bond donors (Lipinski definition) is 6. The van der Waals surface area contributed by atoms with Crippen LogP contribution in [0.15, 0.2) is 76.5 Å². The standard InChI is InChI=1S/C57H76N6O11/c1-31(2)29-63-26-22-57(23-27-63)60-44-41-42-49(66)37(8)52-43(41)53(68)56(9,74-52)72-28-21-40(71-10)34(5)51(73-55(70)58-39-19-24-62(25-20-39)30-38-17-12-11-13-18-38)36(7)48(65)35(6)47(64)32(3)15-14-16-33(4)54(69)59-46(50(42)67)45(44)61-57/h11-18,21,28,31-32,34-36,39-40,47-48,51,64-67H,19-20,22-27,29-30H2,1-10H3,(H,58,70)(H,59,69)/b15-14+,28-21+,33-16-/t32?,34-,35-,36-,40+,47+,48-,51-,56+/m1/s1. The second-order valence-corrected chi connectivity index (χ2v) is 21.9. The van der Waals surface area contributed by atoms with E-state index in [1.807, 2.05) is 25.1 Å². The van der Waals surface area contributed by atoms with Crippen molar-refractivity contribution < 1.29 is 53.8 Å². The molecule has 6 aliphatic heterocycles. The SMILES string of the molecule is CO[C@H]1/C=C/O[C@@]2(C)Oc3c(C)c(O)c4c(O)c(c5c(c4c3C2=O)=NC2(CCN(CC(C)C)CC2)N=5)NC(=O)/C(C)=C\C=C\C(C)[C@H](O)[C@@H](C)[C@@H](O)[C@@H](C)[C@H](OC(=O)NC2CCN(Cc3ccccc3)CC2)[C@@H]1C. The third-order valence-corrected chi connectivity index (χ3v) is 16.0. The van der Waals surface area contributed by atoms with Gasteiger partial charge in [0.05, 0.1) is 40.9 Å². The van der Waals surface area contributed by atoms with E-state index < -0.39 is 83.1 Å². The predicted octanol–water partition coefficient (Wildman–Crippen LogP) is 6.58. The van der Waals surface area contributed by atoms with Gasteiger partial charge >= 0.3 is 11.9 Å². The number of carbonyl (C=O) groups is 3. The summed E-state index contributed by atoms with van der Waals surface area (Å²) in [6.45, 7) is 20.8.